The maximum absolute atomic E-state index is 10.6. The fourth-order valence-corrected chi connectivity index (χ4v) is 0. The molecule has 1 N–H and O–H groups in total. The summed E-state index contributed by atoms with van der Waals surface area (Å²) < 4.78 is 49.5. The molecule has 0 amide bonds. The van der Waals surface area contributed by atoms with Crippen LogP contribution < -0.4 is 68.9 Å². The average molecular weight is 283 g/mol. The van der Waals surface area contributed by atoms with E-state index < -0.39 is 16.6 Å². The number of rotatable bonds is 0. The first-order valence-corrected chi connectivity index (χ1v) is 2.18. The zero-order chi connectivity index (χ0) is 6.08. The Bertz CT molecular complexity index is 91.5. The van der Waals surface area contributed by atoms with Gasteiger partial charge in [-0.3, -0.25) is 4.21 Å². The van der Waals surface area contributed by atoms with Crippen molar-refractivity contribution in [3.05, 3.63) is 0 Å². The van der Waals surface area contributed by atoms with Gasteiger partial charge in [-0.15, -0.1) is 0 Å². The van der Waals surface area contributed by atoms with E-state index in [4.69, 9.17) is 8.76 Å². The van der Waals surface area contributed by atoms with Crippen molar-refractivity contribution in [1.82, 2.24) is 0 Å². The van der Waals surface area contributed by atoms with Gasteiger partial charge in [0.1, 0.15) is 0 Å². The van der Waals surface area contributed by atoms with Gasteiger partial charge in [0.15, 0.2) is 0 Å². The van der Waals surface area contributed by atoms with Crippen LogP contribution in [0.4, 0.5) is 13.2 Å². The molecule has 0 aromatic carbocycles. The molecule has 0 aliphatic rings. The fourth-order valence-electron chi connectivity index (χ4n) is 0. The van der Waals surface area contributed by atoms with Crippen LogP contribution in [0.15, 0.2) is 0 Å². The van der Waals surface area contributed by atoms with Crippen molar-refractivity contribution in [3.8, 4) is 0 Å². The third-order valence-electron chi connectivity index (χ3n) is 0.189. The van der Waals surface area contributed by atoms with Crippen molar-refractivity contribution >= 4 is 11.1 Å². The minimum absolute atomic E-state index is 0. The molecule has 0 aliphatic carbocycles. The topological polar surface area (TPSA) is 70.1 Å². The quantitative estimate of drug-likeness (QED) is 0.451. The van der Waals surface area contributed by atoms with E-state index >= 15 is 0 Å². The number of hydrogen-bond acceptors (Lipinski definition) is 3. The maximum atomic E-state index is 10.6. The summed E-state index contributed by atoms with van der Waals surface area (Å²) in [6.07, 6.45) is 0. The van der Waals surface area contributed by atoms with Gasteiger partial charge in [-0.1, -0.05) is 0 Å². The summed E-state index contributed by atoms with van der Waals surface area (Å²) in [7, 11) is 0. The summed E-state index contributed by atoms with van der Waals surface area (Å²) >= 11 is -3.93. The molecule has 0 aliphatic heterocycles. The summed E-state index contributed by atoms with van der Waals surface area (Å²) in [6.45, 7) is 0. The van der Waals surface area contributed by atoms with Crippen LogP contribution in [0.25, 0.3) is 0 Å². The van der Waals surface area contributed by atoms with Gasteiger partial charge in [0, 0.05) is 0 Å². The maximum Gasteiger partial charge on any atom is 1.00 e. The van der Waals surface area contributed by atoms with E-state index in [9.17, 15) is 13.2 Å². The molecule has 0 radical (unpaired) electrons. The van der Waals surface area contributed by atoms with Gasteiger partial charge < -0.3 is 10.0 Å². The molecular formula is CHCsF3O3S-. The van der Waals surface area contributed by atoms with Gasteiger partial charge in [-0.25, -0.2) is 0 Å². The number of hydrogen-bond donors (Lipinski definition) is 0. The summed E-state index contributed by atoms with van der Waals surface area (Å²) in [5, 5.41) is 0. The van der Waals surface area contributed by atoms with Crippen molar-refractivity contribution in [1.29, 1.82) is 0 Å². The molecule has 0 bridgehead atoms. The predicted octanol–water partition coefficient (Wildman–Crippen LogP) is -2.79. The predicted molar refractivity (Wildman–Crippen MR) is 16.9 cm³/mol. The smallest absolute Gasteiger partial charge is 0.870 e. The standard InChI is InChI=1S/CHF3O2S.Cs.H2O/c2-1(3,4)7(5)6;;/h(H,5,6);;1H2/q;+1;/p-2. The molecule has 1 unspecified atom stereocenters. The third-order valence-corrected chi connectivity index (χ3v) is 0.567. The van der Waals surface area contributed by atoms with Gasteiger partial charge in [0.2, 0.25) is 0 Å². The molecule has 0 aromatic heterocycles. The van der Waals surface area contributed by atoms with Crippen LogP contribution in [-0.2, 0) is 11.1 Å². The normalized spacial score (nSPS) is 12.9. The fraction of sp³-hybridized carbons (Fsp3) is 1.00. The van der Waals surface area contributed by atoms with E-state index in [0.717, 1.165) is 0 Å². The van der Waals surface area contributed by atoms with E-state index in [-0.39, 0.29) is 74.4 Å². The zero-order valence-corrected chi connectivity index (χ0v) is 11.4. The average Bonchev–Trinajstić information content (AvgIpc) is 1.31. The van der Waals surface area contributed by atoms with Crippen LogP contribution in [0, 0.1) is 0 Å². The van der Waals surface area contributed by atoms with Gasteiger partial charge in [0.05, 0.1) is 11.1 Å². The van der Waals surface area contributed by atoms with Crippen LogP contribution in [0.1, 0.15) is 0 Å². The Hall–Kier alpha value is 1.91. The van der Waals surface area contributed by atoms with Crippen molar-refractivity contribution in [2.75, 3.05) is 0 Å². The Morgan fingerprint density at radius 1 is 1.33 bits per heavy atom. The molecule has 0 aromatic rings. The molecule has 0 fully saturated rings. The summed E-state index contributed by atoms with van der Waals surface area (Å²) in [4.78, 5) is 0. The van der Waals surface area contributed by atoms with E-state index in [2.05, 4.69) is 0 Å². The summed E-state index contributed by atoms with van der Waals surface area (Å²) in [5.74, 6) is 0. The first-order valence-electron chi connectivity index (χ1n) is 1.10. The molecule has 0 saturated carbocycles. The first kappa shape index (κ1) is 17.1. The van der Waals surface area contributed by atoms with Crippen molar-refractivity contribution in [2.24, 2.45) is 0 Å². The summed E-state index contributed by atoms with van der Waals surface area (Å²) in [6, 6.07) is 0. The van der Waals surface area contributed by atoms with E-state index in [1.807, 2.05) is 0 Å². The Kier molecular flexibility index (Phi) is 12.6. The van der Waals surface area contributed by atoms with Gasteiger partial charge >= 0.3 is 74.4 Å². The van der Waals surface area contributed by atoms with Crippen LogP contribution in [-0.4, -0.2) is 19.7 Å². The van der Waals surface area contributed by atoms with E-state index in [0.29, 0.717) is 0 Å². The zero-order valence-electron chi connectivity index (χ0n) is 4.31. The second-order valence-corrected chi connectivity index (χ2v) is 1.61. The Labute approximate surface area is 110 Å². The second-order valence-electron chi connectivity index (χ2n) is 0.680. The molecule has 0 heterocycles. The van der Waals surface area contributed by atoms with Crippen molar-refractivity contribution in [3.63, 3.8) is 0 Å². The number of halogens is 3. The van der Waals surface area contributed by atoms with Gasteiger partial charge in [-0.2, -0.15) is 13.2 Å². The second kappa shape index (κ2) is 6.61. The molecule has 0 saturated heterocycles. The van der Waals surface area contributed by atoms with Gasteiger partial charge in [0.25, 0.3) is 0 Å². The molecule has 0 rings (SSSR count). The molecular weight excluding hydrogens is 282 g/mol. The first-order chi connectivity index (χ1) is 2.94. The van der Waals surface area contributed by atoms with E-state index in [1.54, 1.807) is 0 Å². The minimum atomic E-state index is -5.08. The third kappa shape index (κ3) is 9.91. The van der Waals surface area contributed by atoms with Gasteiger partial charge in [-0.05, 0) is 0 Å². The Morgan fingerprint density at radius 2 is 1.44 bits per heavy atom. The van der Waals surface area contributed by atoms with Crippen molar-refractivity contribution in [2.45, 2.75) is 5.51 Å². The SMILES string of the molecule is O=S([O-])C(F)(F)F.[Cs+].[OH-]. The van der Waals surface area contributed by atoms with Crippen LogP contribution >= 0.6 is 0 Å². The van der Waals surface area contributed by atoms with E-state index in [1.165, 1.54) is 0 Å². The van der Waals surface area contributed by atoms with Crippen LogP contribution in [0.5, 0.6) is 0 Å². The molecule has 8 heteroatoms. The molecule has 9 heavy (non-hydrogen) atoms. The van der Waals surface area contributed by atoms with Crippen molar-refractivity contribution < 1.29 is 96.3 Å². The monoisotopic (exact) mass is 283 g/mol. The van der Waals surface area contributed by atoms with Crippen LogP contribution in [0.2, 0.25) is 0 Å². The largest absolute Gasteiger partial charge is 1.00 e. The minimum Gasteiger partial charge on any atom is -0.870 e. The summed E-state index contributed by atoms with van der Waals surface area (Å²) in [5.41, 5.74) is -5.08. The van der Waals surface area contributed by atoms with Crippen LogP contribution in [0.3, 0.4) is 0 Å². The Balaban J connectivity index is -0.000000180. The number of alkyl halides is 3. The molecule has 1 atom stereocenters. The molecule has 0 spiro atoms. The Morgan fingerprint density at radius 3 is 1.44 bits per heavy atom. The molecule has 3 nitrogen and oxygen atoms in total. The molecule has 52 valence electrons.